The molecule has 84 valence electrons. The van der Waals surface area contributed by atoms with Crippen LogP contribution in [0.25, 0.3) is 0 Å². The third-order valence-corrected chi connectivity index (χ3v) is 2.95. The van der Waals surface area contributed by atoms with Crippen molar-refractivity contribution in [3.8, 4) is 0 Å². The van der Waals surface area contributed by atoms with Crippen molar-refractivity contribution in [2.45, 2.75) is 19.4 Å². The summed E-state index contributed by atoms with van der Waals surface area (Å²) in [6.45, 7) is 1.67. The molecule has 0 aliphatic carbocycles. The van der Waals surface area contributed by atoms with E-state index >= 15 is 0 Å². The molecular formula is C9H14N2O3S. The number of aromatic nitrogens is 1. The quantitative estimate of drug-likeness (QED) is 0.653. The first kappa shape index (κ1) is 12.1. The second-order valence-electron chi connectivity index (χ2n) is 3.03. The molecule has 0 saturated carbocycles. The van der Waals surface area contributed by atoms with Crippen LogP contribution in [0.15, 0.2) is 6.20 Å². The third-order valence-electron chi connectivity index (χ3n) is 1.81. The lowest BCUT2D eigenvalue weighted by molar-refractivity contribution is 0.0802. The number of thiazole rings is 1. The number of nitrogens with one attached hydrogen (secondary N) is 1. The van der Waals surface area contributed by atoms with Crippen molar-refractivity contribution in [1.82, 2.24) is 10.3 Å². The number of hydrogen-bond donors (Lipinski definition) is 3. The van der Waals surface area contributed by atoms with Crippen molar-refractivity contribution in [1.29, 1.82) is 0 Å². The van der Waals surface area contributed by atoms with Gasteiger partial charge in [-0.2, -0.15) is 0 Å². The van der Waals surface area contributed by atoms with Crippen LogP contribution in [0.3, 0.4) is 0 Å². The van der Waals surface area contributed by atoms with Crippen molar-refractivity contribution in [2.24, 2.45) is 0 Å². The van der Waals surface area contributed by atoms with Crippen LogP contribution in [0.1, 0.15) is 21.6 Å². The monoisotopic (exact) mass is 230 g/mol. The maximum atomic E-state index is 11.4. The van der Waals surface area contributed by atoms with E-state index in [4.69, 9.17) is 10.2 Å². The Hall–Kier alpha value is -0.980. The Morgan fingerprint density at radius 2 is 2.47 bits per heavy atom. The van der Waals surface area contributed by atoms with E-state index in [1.54, 1.807) is 6.20 Å². The lowest BCUT2D eigenvalue weighted by Gasteiger charge is -2.06. The molecule has 5 nitrogen and oxygen atoms in total. The van der Waals surface area contributed by atoms with Gasteiger partial charge in [0, 0.05) is 17.6 Å². The van der Waals surface area contributed by atoms with Gasteiger partial charge in [0.05, 0.1) is 12.7 Å². The Morgan fingerprint density at radius 3 is 3.00 bits per heavy atom. The highest BCUT2D eigenvalue weighted by atomic mass is 32.1. The molecular weight excluding hydrogens is 216 g/mol. The van der Waals surface area contributed by atoms with E-state index in [0.29, 0.717) is 5.01 Å². The molecule has 0 unspecified atom stereocenters. The highest BCUT2D eigenvalue weighted by Gasteiger charge is 2.11. The fourth-order valence-electron chi connectivity index (χ4n) is 0.927. The standard InChI is InChI=1S/C9H14N2O3S/c1-2-7-4-11-9(15-7)8(14)10-3-6(13)5-12/h4,6,12-13H,2-3,5H2,1H3,(H,10,14)/t6-/m0/s1. The van der Waals surface area contributed by atoms with Gasteiger partial charge >= 0.3 is 0 Å². The Balaban J connectivity index is 2.46. The molecule has 0 fully saturated rings. The van der Waals surface area contributed by atoms with Gasteiger partial charge in [-0.05, 0) is 6.42 Å². The Kier molecular flexibility index (Phi) is 4.67. The van der Waals surface area contributed by atoms with Crippen molar-refractivity contribution >= 4 is 17.2 Å². The largest absolute Gasteiger partial charge is 0.394 e. The number of carbonyl (C=O) groups excluding carboxylic acids is 1. The molecule has 0 aliphatic heterocycles. The SMILES string of the molecule is CCc1cnc(C(=O)NC[C@H](O)CO)s1. The molecule has 1 heterocycles. The normalized spacial score (nSPS) is 12.5. The summed E-state index contributed by atoms with van der Waals surface area (Å²) in [6.07, 6.45) is 1.60. The molecule has 15 heavy (non-hydrogen) atoms. The molecule has 0 saturated heterocycles. The van der Waals surface area contributed by atoms with Gasteiger partial charge in [0.25, 0.3) is 5.91 Å². The zero-order valence-corrected chi connectivity index (χ0v) is 9.25. The number of amides is 1. The number of aryl methyl sites for hydroxylation is 1. The maximum Gasteiger partial charge on any atom is 0.280 e. The second kappa shape index (κ2) is 5.79. The number of aliphatic hydroxyl groups is 2. The minimum atomic E-state index is -0.917. The van der Waals surface area contributed by atoms with Crippen LogP contribution < -0.4 is 5.32 Å². The third kappa shape index (κ3) is 3.58. The summed E-state index contributed by atoms with van der Waals surface area (Å²) in [4.78, 5) is 16.4. The highest BCUT2D eigenvalue weighted by molar-refractivity contribution is 7.13. The Labute approximate surface area is 91.8 Å². The molecule has 1 aromatic rings. The molecule has 1 amide bonds. The average molecular weight is 230 g/mol. The van der Waals surface area contributed by atoms with E-state index < -0.39 is 6.10 Å². The van der Waals surface area contributed by atoms with Crippen LogP contribution in [-0.4, -0.2) is 40.4 Å². The van der Waals surface area contributed by atoms with E-state index in [0.717, 1.165) is 11.3 Å². The first-order chi connectivity index (χ1) is 7.17. The molecule has 1 aromatic heterocycles. The van der Waals surface area contributed by atoms with Gasteiger partial charge in [-0.15, -0.1) is 11.3 Å². The van der Waals surface area contributed by atoms with Gasteiger partial charge < -0.3 is 15.5 Å². The van der Waals surface area contributed by atoms with Gasteiger partial charge in [-0.25, -0.2) is 4.98 Å². The average Bonchev–Trinajstić information content (AvgIpc) is 2.73. The van der Waals surface area contributed by atoms with Gasteiger partial charge in [0.2, 0.25) is 0 Å². The van der Waals surface area contributed by atoms with E-state index in [1.807, 2.05) is 6.92 Å². The Morgan fingerprint density at radius 1 is 1.73 bits per heavy atom. The van der Waals surface area contributed by atoms with Crippen LogP contribution >= 0.6 is 11.3 Å². The number of aliphatic hydroxyl groups excluding tert-OH is 2. The molecule has 0 spiro atoms. The summed E-state index contributed by atoms with van der Waals surface area (Å²) in [5.74, 6) is -0.313. The van der Waals surface area contributed by atoms with E-state index in [1.165, 1.54) is 11.3 Å². The topological polar surface area (TPSA) is 82.5 Å². The first-order valence-electron chi connectivity index (χ1n) is 4.69. The summed E-state index contributed by atoms with van der Waals surface area (Å²) in [6, 6.07) is 0. The second-order valence-corrected chi connectivity index (χ2v) is 4.15. The maximum absolute atomic E-state index is 11.4. The van der Waals surface area contributed by atoms with Crippen molar-refractivity contribution in [2.75, 3.05) is 13.2 Å². The van der Waals surface area contributed by atoms with Crippen molar-refractivity contribution in [3.63, 3.8) is 0 Å². The summed E-state index contributed by atoms with van der Waals surface area (Å²) in [5.41, 5.74) is 0. The summed E-state index contributed by atoms with van der Waals surface area (Å²) < 4.78 is 0. The Bertz CT molecular complexity index is 327. The molecule has 3 N–H and O–H groups in total. The van der Waals surface area contributed by atoms with Gasteiger partial charge in [0.15, 0.2) is 5.01 Å². The predicted octanol–water partition coefficient (Wildman–Crippen LogP) is -0.212. The molecule has 6 heteroatoms. The number of hydrogen-bond acceptors (Lipinski definition) is 5. The van der Waals surface area contributed by atoms with Crippen LogP contribution in [0, 0.1) is 0 Å². The zero-order chi connectivity index (χ0) is 11.3. The van der Waals surface area contributed by atoms with Gasteiger partial charge in [0.1, 0.15) is 0 Å². The van der Waals surface area contributed by atoms with Gasteiger partial charge in [-0.3, -0.25) is 4.79 Å². The van der Waals surface area contributed by atoms with Crippen molar-refractivity contribution < 1.29 is 15.0 Å². The summed E-state index contributed by atoms with van der Waals surface area (Å²) in [7, 11) is 0. The van der Waals surface area contributed by atoms with Crippen LogP contribution in [0.5, 0.6) is 0 Å². The molecule has 0 aliphatic rings. The van der Waals surface area contributed by atoms with E-state index in [9.17, 15) is 4.79 Å². The van der Waals surface area contributed by atoms with Crippen LogP contribution in [-0.2, 0) is 6.42 Å². The molecule has 1 rings (SSSR count). The minimum Gasteiger partial charge on any atom is -0.394 e. The van der Waals surface area contributed by atoms with Crippen LogP contribution in [0.4, 0.5) is 0 Å². The summed E-state index contributed by atoms with van der Waals surface area (Å²) >= 11 is 1.33. The molecule has 0 radical (unpaired) electrons. The number of nitrogens with zero attached hydrogens (tertiary/aromatic N) is 1. The number of carbonyl (C=O) groups is 1. The molecule has 0 aromatic carbocycles. The lowest BCUT2D eigenvalue weighted by Crippen LogP contribution is -2.33. The first-order valence-corrected chi connectivity index (χ1v) is 5.50. The predicted molar refractivity (Wildman–Crippen MR) is 56.9 cm³/mol. The smallest absolute Gasteiger partial charge is 0.280 e. The fourth-order valence-corrected chi connectivity index (χ4v) is 1.69. The van der Waals surface area contributed by atoms with E-state index in [-0.39, 0.29) is 19.1 Å². The highest BCUT2D eigenvalue weighted by Crippen LogP contribution is 2.12. The zero-order valence-electron chi connectivity index (χ0n) is 8.43. The minimum absolute atomic E-state index is 0.0381. The van der Waals surface area contributed by atoms with E-state index in [2.05, 4.69) is 10.3 Å². The van der Waals surface area contributed by atoms with Gasteiger partial charge in [-0.1, -0.05) is 6.92 Å². The van der Waals surface area contributed by atoms with Crippen molar-refractivity contribution in [3.05, 3.63) is 16.1 Å². The van der Waals surface area contributed by atoms with Crippen LogP contribution in [0.2, 0.25) is 0 Å². The fraction of sp³-hybridized carbons (Fsp3) is 0.556. The summed E-state index contributed by atoms with van der Waals surface area (Å²) in [5, 5.41) is 20.4. The lowest BCUT2D eigenvalue weighted by atomic mass is 10.4. The number of rotatable bonds is 5. The molecule has 1 atom stereocenters. The molecule has 0 bridgehead atoms.